The van der Waals surface area contributed by atoms with E-state index in [0.717, 1.165) is 48.6 Å². The van der Waals surface area contributed by atoms with Crippen molar-refractivity contribution >= 4 is 22.7 Å². The standard InChI is InChI=1S/C23H34N8O/c1-6-18-22(30(5)14-23(2,3)32)28-19-17(12-25-21(24)20(19)27-18)15-11-26-31(13-15)16-7-9-29(4)10-8-16/h11-13,16,32H,6-10,14H2,1-5H3,(H2,24,25). The third kappa shape index (κ3) is 4.54. The van der Waals surface area contributed by atoms with Crippen LogP contribution in [0, 0.1) is 0 Å². The van der Waals surface area contributed by atoms with Crippen molar-refractivity contribution in [1.29, 1.82) is 0 Å². The molecule has 0 amide bonds. The van der Waals surface area contributed by atoms with Crippen LogP contribution in [-0.2, 0) is 6.42 Å². The molecule has 0 atom stereocenters. The van der Waals surface area contributed by atoms with Crippen molar-refractivity contribution in [3.8, 4) is 11.1 Å². The maximum Gasteiger partial charge on any atom is 0.151 e. The summed E-state index contributed by atoms with van der Waals surface area (Å²) in [6.45, 7) is 8.20. The van der Waals surface area contributed by atoms with Crippen LogP contribution in [0.1, 0.15) is 45.3 Å². The van der Waals surface area contributed by atoms with Gasteiger partial charge in [0, 0.05) is 37.1 Å². The lowest BCUT2D eigenvalue weighted by Crippen LogP contribution is -2.37. The molecule has 1 aliphatic heterocycles. The molecule has 0 aromatic carbocycles. The van der Waals surface area contributed by atoms with E-state index in [1.807, 2.05) is 25.1 Å². The number of aromatic nitrogens is 5. The highest BCUT2D eigenvalue weighted by molar-refractivity contribution is 5.96. The summed E-state index contributed by atoms with van der Waals surface area (Å²) in [5.41, 5.74) is 9.30. The smallest absolute Gasteiger partial charge is 0.151 e. The predicted octanol–water partition coefficient (Wildman–Crippen LogP) is 2.51. The van der Waals surface area contributed by atoms with Crippen molar-refractivity contribution in [2.45, 2.75) is 51.7 Å². The Morgan fingerprint density at radius 3 is 2.56 bits per heavy atom. The first-order chi connectivity index (χ1) is 15.2. The van der Waals surface area contributed by atoms with Gasteiger partial charge in [0.15, 0.2) is 11.6 Å². The minimum absolute atomic E-state index is 0.366. The van der Waals surface area contributed by atoms with Gasteiger partial charge in [-0.15, -0.1) is 0 Å². The van der Waals surface area contributed by atoms with Crippen LogP contribution in [0.4, 0.5) is 11.6 Å². The summed E-state index contributed by atoms with van der Waals surface area (Å²) in [5.74, 6) is 1.11. The van der Waals surface area contributed by atoms with Gasteiger partial charge < -0.3 is 20.6 Å². The molecule has 1 fully saturated rings. The molecule has 3 aromatic heterocycles. The largest absolute Gasteiger partial charge is 0.389 e. The van der Waals surface area contributed by atoms with Gasteiger partial charge in [-0.25, -0.2) is 15.0 Å². The van der Waals surface area contributed by atoms with E-state index in [2.05, 4.69) is 32.9 Å². The number of fused-ring (bicyclic) bond motifs is 1. The highest BCUT2D eigenvalue weighted by atomic mass is 16.3. The fourth-order valence-electron chi connectivity index (χ4n) is 4.43. The van der Waals surface area contributed by atoms with Gasteiger partial charge in [-0.3, -0.25) is 4.68 Å². The van der Waals surface area contributed by atoms with Gasteiger partial charge in [0.2, 0.25) is 0 Å². The average Bonchev–Trinajstić information content (AvgIpc) is 3.22. The highest BCUT2D eigenvalue weighted by Crippen LogP contribution is 2.32. The summed E-state index contributed by atoms with van der Waals surface area (Å²) in [7, 11) is 4.09. The lowest BCUT2D eigenvalue weighted by Gasteiger charge is -2.29. The number of pyridine rings is 1. The zero-order valence-corrected chi connectivity index (χ0v) is 19.7. The average molecular weight is 439 g/mol. The van der Waals surface area contributed by atoms with Crippen LogP contribution in [0.2, 0.25) is 0 Å². The van der Waals surface area contributed by atoms with Crippen molar-refractivity contribution in [2.75, 3.05) is 44.4 Å². The zero-order chi connectivity index (χ0) is 23.0. The molecule has 3 N–H and O–H groups in total. The number of piperidine rings is 1. The maximum absolute atomic E-state index is 10.3. The van der Waals surface area contributed by atoms with Crippen LogP contribution < -0.4 is 10.6 Å². The number of likely N-dealkylation sites (tertiary alicyclic amines) is 1. The Morgan fingerprint density at radius 1 is 1.19 bits per heavy atom. The van der Waals surface area contributed by atoms with E-state index < -0.39 is 5.60 Å². The summed E-state index contributed by atoms with van der Waals surface area (Å²) in [4.78, 5) is 18.5. The maximum atomic E-state index is 10.3. The Bertz CT molecular complexity index is 1100. The van der Waals surface area contributed by atoms with Gasteiger partial charge in [0.25, 0.3) is 0 Å². The number of nitrogen functional groups attached to an aromatic ring is 1. The van der Waals surface area contributed by atoms with Crippen molar-refractivity contribution in [2.24, 2.45) is 0 Å². The molecule has 172 valence electrons. The molecule has 0 unspecified atom stereocenters. The lowest BCUT2D eigenvalue weighted by atomic mass is 10.1. The molecule has 4 rings (SSSR count). The van der Waals surface area contributed by atoms with Gasteiger partial charge in [0.1, 0.15) is 11.0 Å². The highest BCUT2D eigenvalue weighted by Gasteiger charge is 2.23. The third-order valence-electron chi connectivity index (χ3n) is 6.07. The SMILES string of the molecule is CCc1nc2c(N)ncc(-c3cnn(C4CCN(C)CC4)c3)c2nc1N(C)CC(C)(C)O. The molecule has 3 aromatic rings. The number of hydrogen-bond donors (Lipinski definition) is 2. The molecule has 9 nitrogen and oxygen atoms in total. The summed E-state index contributed by atoms with van der Waals surface area (Å²) in [6, 6.07) is 0.402. The molecule has 1 aliphatic rings. The van der Waals surface area contributed by atoms with Crippen LogP contribution in [0.5, 0.6) is 0 Å². The third-order valence-corrected chi connectivity index (χ3v) is 6.07. The van der Waals surface area contributed by atoms with Crippen LogP contribution in [-0.4, -0.2) is 74.1 Å². The monoisotopic (exact) mass is 438 g/mol. The van der Waals surface area contributed by atoms with Gasteiger partial charge in [-0.05, 0) is 53.2 Å². The normalized spacial score (nSPS) is 16.1. The molecular formula is C23H34N8O. The number of likely N-dealkylation sites (N-methyl/N-ethyl adjacent to an activating group) is 1. The Hall–Kier alpha value is -2.78. The molecule has 32 heavy (non-hydrogen) atoms. The van der Waals surface area contributed by atoms with Crippen molar-refractivity contribution < 1.29 is 5.11 Å². The van der Waals surface area contributed by atoms with Crippen molar-refractivity contribution in [1.82, 2.24) is 29.6 Å². The van der Waals surface area contributed by atoms with E-state index in [-0.39, 0.29) is 0 Å². The molecule has 0 radical (unpaired) electrons. The second kappa shape index (κ2) is 8.63. The van der Waals surface area contributed by atoms with Crippen LogP contribution >= 0.6 is 0 Å². The lowest BCUT2D eigenvalue weighted by molar-refractivity contribution is 0.0884. The second-order valence-corrected chi connectivity index (χ2v) is 9.51. The summed E-state index contributed by atoms with van der Waals surface area (Å²) in [5, 5.41) is 15.0. The first kappa shape index (κ1) is 22.4. The summed E-state index contributed by atoms with van der Waals surface area (Å²) in [6.07, 6.45) is 8.59. The number of aryl methyl sites for hydroxylation is 1. The Labute approximate surface area is 189 Å². The van der Waals surface area contributed by atoms with E-state index in [1.54, 1.807) is 20.0 Å². The van der Waals surface area contributed by atoms with E-state index in [9.17, 15) is 5.11 Å². The van der Waals surface area contributed by atoms with E-state index in [4.69, 9.17) is 15.7 Å². The predicted molar refractivity (Wildman–Crippen MR) is 128 cm³/mol. The number of anilines is 2. The number of nitrogens with zero attached hydrogens (tertiary/aromatic N) is 7. The van der Waals surface area contributed by atoms with Gasteiger partial charge in [-0.1, -0.05) is 6.92 Å². The number of rotatable bonds is 6. The number of nitrogens with two attached hydrogens (primary N) is 1. The fraction of sp³-hybridized carbons (Fsp3) is 0.565. The molecule has 4 heterocycles. The second-order valence-electron chi connectivity index (χ2n) is 9.51. The fourth-order valence-corrected chi connectivity index (χ4v) is 4.43. The Kier molecular flexibility index (Phi) is 6.05. The summed E-state index contributed by atoms with van der Waals surface area (Å²) >= 11 is 0. The first-order valence-corrected chi connectivity index (χ1v) is 11.3. The molecular weight excluding hydrogens is 404 g/mol. The molecule has 0 spiro atoms. The molecule has 0 bridgehead atoms. The molecule has 1 saturated heterocycles. The minimum Gasteiger partial charge on any atom is -0.389 e. The quantitative estimate of drug-likeness (QED) is 0.604. The van der Waals surface area contributed by atoms with Gasteiger partial charge >= 0.3 is 0 Å². The van der Waals surface area contributed by atoms with Crippen LogP contribution in [0.25, 0.3) is 22.2 Å². The first-order valence-electron chi connectivity index (χ1n) is 11.3. The van der Waals surface area contributed by atoms with Crippen LogP contribution in [0.3, 0.4) is 0 Å². The van der Waals surface area contributed by atoms with Crippen LogP contribution in [0.15, 0.2) is 18.6 Å². The molecule has 0 aliphatic carbocycles. The number of aliphatic hydroxyl groups is 1. The van der Waals surface area contributed by atoms with E-state index in [1.165, 1.54) is 0 Å². The number of hydrogen-bond acceptors (Lipinski definition) is 8. The van der Waals surface area contributed by atoms with E-state index >= 15 is 0 Å². The van der Waals surface area contributed by atoms with Crippen molar-refractivity contribution in [3.05, 3.63) is 24.3 Å². The topological polar surface area (TPSA) is 109 Å². The zero-order valence-electron chi connectivity index (χ0n) is 19.7. The molecule has 9 heteroatoms. The van der Waals surface area contributed by atoms with Gasteiger partial charge in [0.05, 0.1) is 23.5 Å². The van der Waals surface area contributed by atoms with Gasteiger partial charge in [-0.2, -0.15) is 5.10 Å². The summed E-state index contributed by atoms with van der Waals surface area (Å²) < 4.78 is 2.07. The minimum atomic E-state index is -0.855. The van der Waals surface area contributed by atoms with Crippen molar-refractivity contribution in [3.63, 3.8) is 0 Å². The molecule has 0 saturated carbocycles. The Balaban J connectivity index is 1.77. The van der Waals surface area contributed by atoms with E-state index in [0.29, 0.717) is 35.9 Å². The Morgan fingerprint density at radius 2 is 1.91 bits per heavy atom.